The van der Waals surface area contributed by atoms with Gasteiger partial charge in [-0.2, -0.15) is 15.0 Å². The van der Waals surface area contributed by atoms with Gasteiger partial charge in [-0.15, -0.1) is 0 Å². The lowest BCUT2D eigenvalue weighted by Crippen LogP contribution is -2.48. The molecule has 2 heterocycles. The molecule has 0 unspecified atom stereocenters. The monoisotopic (exact) mass is 405 g/mol. The Kier molecular flexibility index (Phi) is 5.34. The van der Waals surface area contributed by atoms with E-state index in [2.05, 4.69) is 25.6 Å². The van der Waals surface area contributed by atoms with Gasteiger partial charge in [0.25, 0.3) is 5.91 Å². The summed E-state index contributed by atoms with van der Waals surface area (Å²) >= 11 is 0. The summed E-state index contributed by atoms with van der Waals surface area (Å²) in [5.74, 6) is 1.44. The molecule has 0 spiro atoms. The van der Waals surface area contributed by atoms with Crippen LogP contribution in [0.3, 0.4) is 0 Å². The Balaban J connectivity index is 1.61. The molecule has 1 aromatic heterocycles. The average molecular weight is 405 g/mol. The molecule has 0 saturated carbocycles. The van der Waals surface area contributed by atoms with Gasteiger partial charge in [0.05, 0.1) is 18.8 Å². The fourth-order valence-corrected chi connectivity index (χ4v) is 3.32. The number of nitrogens with zero attached hydrogens (tertiary/aromatic N) is 4. The van der Waals surface area contributed by atoms with Crippen LogP contribution in [0.4, 0.5) is 23.3 Å². The van der Waals surface area contributed by atoms with E-state index in [1.54, 1.807) is 7.05 Å². The van der Waals surface area contributed by atoms with Gasteiger partial charge in [-0.1, -0.05) is 30.3 Å². The Morgan fingerprint density at radius 2 is 1.93 bits per heavy atom. The maximum atomic E-state index is 12.2. The van der Waals surface area contributed by atoms with Gasteiger partial charge in [0, 0.05) is 12.7 Å². The van der Waals surface area contributed by atoms with Crippen LogP contribution in [0.2, 0.25) is 0 Å². The third kappa shape index (κ3) is 4.09. The number of nitrogens with two attached hydrogens (primary N) is 1. The predicted octanol–water partition coefficient (Wildman–Crippen LogP) is 2.02. The first-order valence-electron chi connectivity index (χ1n) is 9.59. The number of ether oxygens (including phenoxy) is 1. The molecule has 0 radical (unpaired) electrons. The third-order valence-electron chi connectivity index (χ3n) is 4.82. The van der Waals surface area contributed by atoms with Crippen LogP contribution < -0.4 is 26.0 Å². The summed E-state index contributed by atoms with van der Waals surface area (Å²) in [4.78, 5) is 27.2. The zero-order valence-corrected chi connectivity index (χ0v) is 16.8. The number of hydrogen-bond acceptors (Lipinski definition) is 8. The molecule has 9 heteroatoms. The zero-order chi connectivity index (χ0) is 21.1. The summed E-state index contributed by atoms with van der Waals surface area (Å²) in [5, 5.41) is 5.84. The molecule has 1 aliphatic heterocycles. The molecule has 4 N–H and O–H groups in total. The number of anilines is 4. The van der Waals surface area contributed by atoms with E-state index in [1.807, 2.05) is 60.4 Å². The highest BCUT2D eigenvalue weighted by Gasteiger charge is 2.30. The van der Waals surface area contributed by atoms with E-state index in [1.165, 1.54) is 0 Å². The van der Waals surface area contributed by atoms with Crippen molar-refractivity contribution < 1.29 is 9.53 Å². The van der Waals surface area contributed by atoms with Gasteiger partial charge in [0.15, 0.2) is 11.9 Å². The molecule has 154 valence electrons. The van der Waals surface area contributed by atoms with Gasteiger partial charge in [0.2, 0.25) is 11.9 Å². The molecule has 3 aromatic rings. The van der Waals surface area contributed by atoms with E-state index in [0.717, 1.165) is 16.9 Å². The number of aromatic nitrogens is 3. The minimum Gasteiger partial charge on any atom is -0.477 e. The second-order valence-corrected chi connectivity index (χ2v) is 6.94. The third-order valence-corrected chi connectivity index (χ3v) is 4.82. The van der Waals surface area contributed by atoms with Crippen molar-refractivity contribution in [3.63, 3.8) is 0 Å². The number of hydrogen-bond donors (Lipinski definition) is 3. The maximum Gasteiger partial charge on any atom is 0.262 e. The Hall–Kier alpha value is -3.88. The van der Waals surface area contributed by atoms with Crippen LogP contribution in [0.5, 0.6) is 5.75 Å². The minimum absolute atomic E-state index is 0.125. The summed E-state index contributed by atoms with van der Waals surface area (Å²) in [6, 6.07) is 15.4. The lowest BCUT2D eigenvalue weighted by molar-refractivity contribution is -0.127. The van der Waals surface area contributed by atoms with Crippen LogP contribution in [0.15, 0.2) is 48.5 Å². The Morgan fingerprint density at radius 3 is 2.73 bits per heavy atom. The standard InChI is InChI=1S/C21H23N7O2/c1-13-7-3-4-8-14(13)24-21-26-18(25-20(22)27-21)12-28-11-17(19(29)23-2)30-16-10-6-5-9-15(16)28/h3-10,17H,11-12H2,1-2H3,(H,23,29)(H3,22,24,25,26,27)/t17-/m0/s1. The van der Waals surface area contributed by atoms with E-state index < -0.39 is 6.10 Å². The minimum atomic E-state index is -0.631. The predicted molar refractivity (Wildman–Crippen MR) is 115 cm³/mol. The molecule has 9 nitrogen and oxygen atoms in total. The highest BCUT2D eigenvalue weighted by atomic mass is 16.5. The lowest BCUT2D eigenvalue weighted by Gasteiger charge is -2.35. The molecular weight excluding hydrogens is 382 g/mol. The molecule has 1 atom stereocenters. The summed E-state index contributed by atoms with van der Waals surface area (Å²) < 4.78 is 5.85. The molecule has 0 bridgehead atoms. The first-order valence-corrected chi connectivity index (χ1v) is 9.59. The number of fused-ring (bicyclic) bond motifs is 1. The van der Waals surface area contributed by atoms with E-state index in [9.17, 15) is 4.79 Å². The largest absolute Gasteiger partial charge is 0.477 e. The van der Waals surface area contributed by atoms with E-state index in [0.29, 0.717) is 30.6 Å². The Morgan fingerprint density at radius 1 is 1.17 bits per heavy atom. The Labute approximate surface area is 174 Å². The van der Waals surface area contributed by atoms with Crippen LogP contribution in [-0.2, 0) is 11.3 Å². The summed E-state index contributed by atoms with van der Waals surface area (Å²) in [7, 11) is 1.59. The highest BCUT2D eigenvalue weighted by Crippen LogP contribution is 2.34. The van der Waals surface area contributed by atoms with E-state index >= 15 is 0 Å². The first kappa shape index (κ1) is 19.4. The van der Waals surface area contributed by atoms with Gasteiger partial charge in [0.1, 0.15) is 5.75 Å². The van der Waals surface area contributed by atoms with Gasteiger partial charge >= 0.3 is 0 Å². The molecule has 2 aromatic carbocycles. The summed E-state index contributed by atoms with van der Waals surface area (Å²) in [6.45, 7) is 2.71. The van der Waals surface area contributed by atoms with E-state index in [-0.39, 0.29) is 11.9 Å². The molecule has 4 rings (SSSR count). The number of carbonyl (C=O) groups is 1. The van der Waals surface area contributed by atoms with Crippen molar-refractivity contribution in [2.24, 2.45) is 0 Å². The fraction of sp³-hybridized carbons (Fsp3) is 0.238. The quantitative estimate of drug-likeness (QED) is 0.590. The number of rotatable bonds is 5. The number of nitrogen functional groups attached to an aromatic ring is 1. The van der Waals surface area contributed by atoms with Crippen LogP contribution >= 0.6 is 0 Å². The molecule has 30 heavy (non-hydrogen) atoms. The van der Waals surface area contributed by atoms with Gasteiger partial charge in [-0.3, -0.25) is 4.79 Å². The second kappa shape index (κ2) is 8.24. The zero-order valence-electron chi connectivity index (χ0n) is 16.8. The van der Waals surface area contributed by atoms with Crippen molar-refractivity contribution >= 4 is 29.2 Å². The second-order valence-electron chi connectivity index (χ2n) is 6.94. The van der Waals surface area contributed by atoms with Gasteiger partial charge in [-0.05, 0) is 30.7 Å². The number of aryl methyl sites for hydroxylation is 1. The highest BCUT2D eigenvalue weighted by molar-refractivity contribution is 5.83. The van der Waals surface area contributed by atoms with Crippen LogP contribution in [0, 0.1) is 6.92 Å². The fourth-order valence-electron chi connectivity index (χ4n) is 3.32. The average Bonchev–Trinajstić information content (AvgIpc) is 2.74. The molecule has 1 amide bonds. The van der Waals surface area contributed by atoms with Crippen molar-refractivity contribution in [2.45, 2.75) is 19.6 Å². The normalized spacial score (nSPS) is 15.1. The topological polar surface area (TPSA) is 118 Å². The van der Waals surface area contributed by atoms with Crippen molar-refractivity contribution in [3.05, 3.63) is 59.9 Å². The molecule has 0 aliphatic carbocycles. The van der Waals surface area contributed by atoms with Crippen LogP contribution in [-0.4, -0.2) is 40.6 Å². The van der Waals surface area contributed by atoms with Crippen molar-refractivity contribution in [3.8, 4) is 5.75 Å². The van der Waals surface area contributed by atoms with Crippen LogP contribution in [0.25, 0.3) is 0 Å². The SMILES string of the molecule is CNC(=O)[C@@H]1CN(Cc2nc(N)nc(Nc3ccccc3C)n2)c2ccccc2O1. The smallest absolute Gasteiger partial charge is 0.262 e. The van der Waals surface area contributed by atoms with Crippen molar-refractivity contribution in [1.29, 1.82) is 0 Å². The molecular formula is C21H23N7O2. The number of para-hydroxylation sites is 3. The number of likely N-dealkylation sites (N-methyl/N-ethyl adjacent to an activating group) is 1. The lowest BCUT2D eigenvalue weighted by atomic mass is 10.1. The number of benzene rings is 2. The maximum absolute atomic E-state index is 12.2. The number of carbonyl (C=O) groups excluding carboxylic acids is 1. The van der Waals surface area contributed by atoms with E-state index in [4.69, 9.17) is 10.5 Å². The summed E-state index contributed by atoms with van der Waals surface area (Å²) in [6.07, 6.45) is -0.631. The van der Waals surface area contributed by atoms with Crippen LogP contribution in [0.1, 0.15) is 11.4 Å². The van der Waals surface area contributed by atoms with Gasteiger partial charge in [-0.25, -0.2) is 0 Å². The molecule has 1 aliphatic rings. The van der Waals surface area contributed by atoms with Gasteiger partial charge < -0.3 is 26.0 Å². The number of nitrogens with one attached hydrogen (secondary N) is 2. The number of amides is 1. The van der Waals surface area contributed by atoms with Crippen molar-refractivity contribution in [1.82, 2.24) is 20.3 Å². The first-order chi connectivity index (χ1) is 14.5. The molecule has 0 saturated heterocycles. The summed E-state index contributed by atoms with van der Waals surface area (Å²) in [5.41, 5.74) is 8.76. The Bertz CT molecular complexity index is 1070. The van der Waals surface area contributed by atoms with Crippen molar-refractivity contribution in [2.75, 3.05) is 29.5 Å². The molecule has 0 fully saturated rings.